The van der Waals surface area contributed by atoms with E-state index in [1.807, 2.05) is 0 Å². The Hall–Kier alpha value is -0.570. The van der Waals surface area contributed by atoms with E-state index in [1.54, 1.807) is 20.8 Å². The molecule has 11 heavy (non-hydrogen) atoms. The molecule has 0 heterocycles. The Labute approximate surface area is 67.4 Å². The molecule has 0 aliphatic heterocycles. The summed E-state index contributed by atoms with van der Waals surface area (Å²) in [5.74, 6) is -0.427. The average Bonchev–Trinajstić information content (AvgIpc) is 1.86. The summed E-state index contributed by atoms with van der Waals surface area (Å²) in [6, 6.07) is 0. The summed E-state index contributed by atoms with van der Waals surface area (Å²) in [6.45, 7) is 5.59. The average molecular weight is 160 g/mol. The number of aliphatic hydroxyl groups is 1. The molecule has 0 fully saturated rings. The van der Waals surface area contributed by atoms with Crippen LogP contribution >= 0.6 is 0 Å². The standard InChI is InChI=1S/C8H16O3/c1-4-11-8(10)6(2)5-7(3)9/h6-7,9H,4-5H2,1-3H3. The first-order valence-electron chi connectivity index (χ1n) is 3.92. The van der Waals surface area contributed by atoms with Crippen LogP contribution in [0.3, 0.4) is 0 Å². The number of aliphatic hydroxyl groups excluding tert-OH is 1. The first-order chi connectivity index (χ1) is 5.07. The SMILES string of the molecule is CCOC(=O)C(C)CC(C)O. The van der Waals surface area contributed by atoms with E-state index in [-0.39, 0.29) is 11.9 Å². The van der Waals surface area contributed by atoms with Crippen molar-refractivity contribution in [2.24, 2.45) is 5.92 Å². The Morgan fingerprint density at radius 1 is 1.55 bits per heavy atom. The highest BCUT2D eigenvalue weighted by molar-refractivity contribution is 5.71. The van der Waals surface area contributed by atoms with Crippen molar-refractivity contribution in [3.8, 4) is 0 Å². The number of rotatable bonds is 4. The van der Waals surface area contributed by atoms with Crippen LogP contribution in [0.1, 0.15) is 27.2 Å². The van der Waals surface area contributed by atoms with E-state index in [4.69, 9.17) is 9.84 Å². The Bertz CT molecular complexity index is 121. The van der Waals surface area contributed by atoms with Gasteiger partial charge in [0, 0.05) is 0 Å². The molecule has 2 unspecified atom stereocenters. The van der Waals surface area contributed by atoms with E-state index in [0.717, 1.165) is 0 Å². The minimum Gasteiger partial charge on any atom is -0.466 e. The maximum Gasteiger partial charge on any atom is 0.308 e. The minimum absolute atomic E-state index is 0.199. The van der Waals surface area contributed by atoms with Crippen LogP contribution in [-0.4, -0.2) is 23.8 Å². The second-order valence-corrected chi connectivity index (χ2v) is 2.74. The van der Waals surface area contributed by atoms with Gasteiger partial charge in [0.05, 0.1) is 18.6 Å². The first kappa shape index (κ1) is 10.4. The number of ether oxygens (including phenoxy) is 1. The maximum absolute atomic E-state index is 10.9. The third-order valence-corrected chi connectivity index (χ3v) is 1.38. The third kappa shape index (κ3) is 4.79. The Balaban J connectivity index is 3.64. The predicted molar refractivity (Wildman–Crippen MR) is 42.1 cm³/mol. The molecule has 2 atom stereocenters. The normalized spacial score (nSPS) is 15.6. The fourth-order valence-electron chi connectivity index (χ4n) is 0.892. The van der Waals surface area contributed by atoms with E-state index >= 15 is 0 Å². The highest BCUT2D eigenvalue weighted by Crippen LogP contribution is 2.07. The van der Waals surface area contributed by atoms with Crippen LogP contribution in [0.4, 0.5) is 0 Å². The van der Waals surface area contributed by atoms with Crippen molar-refractivity contribution in [1.82, 2.24) is 0 Å². The van der Waals surface area contributed by atoms with Crippen molar-refractivity contribution >= 4 is 5.97 Å². The number of carbonyl (C=O) groups excluding carboxylic acids is 1. The van der Waals surface area contributed by atoms with Gasteiger partial charge in [0.2, 0.25) is 0 Å². The van der Waals surface area contributed by atoms with Gasteiger partial charge in [0.25, 0.3) is 0 Å². The summed E-state index contributed by atoms with van der Waals surface area (Å²) in [5, 5.41) is 8.93. The quantitative estimate of drug-likeness (QED) is 0.623. The van der Waals surface area contributed by atoms with Crippen molar-refractivity contribution in [3.63, 3.8) is 0 Å². The lowest BCUT2D eigenvalue weighted by atomic mass is 10.1. The van der Waals surface area contributed by atoms with E-state index < -0.39 is 6.10 Å². The summed E-state index contributed by atoms with van der Waals surface area (Å²) >= 11 is 0. The van der Waals surface area contributed by atoms with Gasteiger partial charge in [-0.15, -0.1) is 0 Å². The molecule has 0 spiro atoms. The lowest BCUT2D eigenvalue weighted by Crippen LogP contribution is -2.18. The zero-order valence-corrected chi connectivity index (χ0v) is 7.33. The van der Waals surface area contributed by atoms with Crippen molar-refractivity contribution < 1.29 is 14.6 Å². The van der Waals surface area contributed by atoms with Gasteiger partial charge in [-0.1, -0.05) is 6.92 Å². The van der Waals surface area contributed by atoms with Gasteiger partial charge >= 0.3 is 5.97 Å². The van der Waals surface area contributed by atoms with Crippen LogP contribution in [0.5, 0.6) is 0 Å². The molecule has 0 rings (SSSR count). The van der Waals surface area contributed by atoms with Gasteiger partial charge in [0.1, 0.15) is 0 Å². The van der Waals surface area contributed by atoms with Crippen molar-refractivity contribution in [1.29, 1.82) is 0 Å². The van der Waals surface area contributed by atoms with E-state index in [9.17, 15) is 4.79 Å². The Kier molecular flexibility index (Phi) is 4.86. The van der Waals surface area contributed by atoms with Gasteiger partial charge in [-0.2, -0.15) is 0 Å². The van der Waals surface area contributed by atoms with Crippen LogP contribution in [0.2, 0.25) is 0 Å². The fourth-order valence-corrected chi connectivity index (χ4v) is 0.892. The van der Waals surface area contributed by atoms with Crippen molar-refractivity contribution in [2.45, 2.75) is 33.3 Å². The molecule has 0 aliphatic rings. The fraction of sp³-hybridized carbons (Fsp3) is 0.875. The zero-order chi connectivity index (χ0) is 8.85. The van der Waals surface area contributed by atoms with E-state index in [2.05, 4.69) is 0 Å². The van der Waals surface area contributed by atoms with E-state index in [1.165, 1.54) is 0 Å². The summed E-state index contributed by atoms with van der Waals surface area (Å²) in [7, 11) is 0. The Morgan fingerprint density at radius 3 is 2.45 bits per heavy atom. The molecule has 66 valence electrons. The van der Waals surface area contributed by atoms with Crippen molar-refractivity contribution in [3.05, 3.63) is 0 Å². The number of esters is 1. The largest absolute Gasteiger partial charge is 0.466 e. The highest BCUT2D eigenvalue weighted by atomic mass is 16.5. The molecule has 3 heteroatoms. The maximum atomic E-state index is 10.9. The monoisotopic (exact) mass is 160 g/mol. The molecule has 0 bridgehead atoms. The molecule has 0 saturated heterocycles. The molecular formula is C8H16O3. The molecule has 0 amide bonds. The van der Waals surface area contributed by atoms with Crippen molar-refractivity contribution in [2.75, 3.05) is 6.61 Å². The number of hydrogen-bond acceptors (Lipinski definition) is 3. The molecule has 0 aliphatic carbocycles. The highest BCUT2D eigenvalue weighted by Gasteiger charge is 2.15. The summed E-state index contributed by atoms with van der Waals surface area (Å²) in [5.41, 5.74) is 0. The second-order valence-electron chi connectivity index (χ2n) is 2.74. The van der Waals surface area contributed by atoms with Gasteiger partial charge in [-0.05, 0) is 20.3 Å². The second kappa shape index (κ2) is 5.13. The van der Waals surface area contributed by atoms with Crippen LogP contribution < -0.4 is 0 Å². The summed E-state index contributed by atoms with van der Waals surface area (Å²) in [4.78, 5) is 10.9. The van der Waals surface area contributed by atoms with Gasteiger partial charge in [0.15, 0.2) is 0 Å². The van der Waals surface area contributed by atoms with Gasteiger partial charge in [-0.25, -0.2) is 0 Å². The van der Waals surface area contributed by atoms with Gasteiger partial charge < -0.3 is 9.84 Å². The third-order valence-electron chi connectivity index (χ3n) is 1.38. The molecular weight excluding hydrogens is 144 g/mol. The van der Waals surface area contributed by atoms with Gasteiger partial charge in [-0.3, -0.25) is 4.79 Å². The first-order valence-corrected chi connectivity index (χ1v) is 3.92. The zero-order valence-electron chi connectivity index (χ0n) is 7.33. The molecule has 3 nitrogen and oxygen atoms in total. The number of carbonyl (C=O) groups is 1. The minimum atomic E-state index is -0.436. The lowest BCUT2D eigenvalue weighted by molar-refractivity contribution is -0.148. The molecule has 0 aromatic rings. The summed E-state index contributed by atoms with van der Waals surface area (Å²) < 4.78 is 4.75. The molecule has 1 N–H and O–H groups in total. The molecule has 0 aromatic heterocycles. The lowest BCUT2D eigenvalue weighted by Gasteiger charge is -2.11. The van der Waals surface area contributed by atoms with E-state index in [0.29, 0.717) is 13.0 Å². The molecule has 0 radical (unpaired) electrons. The van der Waals surface area contributed by atoms with Crippen LogP contribution in [0, 0.1) is 5.92 Å². The Morgan fingerprint density at radius 2 is 2.09 bits per heavy atom. The molecule has 0 aromatic carbocycles. The number of hydrogen-bond donors (Lipinski definition) is 1. The van der Waals surface area contributed by atoms with Crippen LogP contribution in [0.15, 0.2) is 0 Å². The predicted octanol–water partition coefficient (Wildman–Crippen LogP) is 0.956. The smallest absolute Gasteiger partial charge is 0.308 e. The molecule has 0 saturated carbocycles. The van der Waals surface area contributed by atoms with Crippen LogP contribution in [-0.2, 0) is 9.53 Å². The summed E-state index contributed by atoms with van der Waals surface area (Å²) in [6.07, 6.45) is 0.0353. The topological polar surface area (TPSA) is 46.5 Å². The van der Waals surface area contributed by atoms with Crippen LogP contribution in [0.25, 0.3) is 0 Å².